The fraction of sp³-hybridized carbons (Fsp3) is 0.462. The molecule has 0 radical (unpaired) electrons. The Kier molecular flexibility index (Phi) is 4.65. The number of likely N-dealkylation sites (N-methyl/N-ethyl adjacent to an activating group) is 1. The van der Waals surface area contributed by atoms with Crippen molar-refractivity contribution < 1.29 is 23.1 Å². The van der Waals surface area contributed by atoms with E-state index in [1.165, 1.54) is 37.9 Å². The first-order valence-corrected chi connectivity index (χ1v) is 5.91. The Bertz CT molecular complexity index is 481. The minimum Gasteiger partial charge on any atom is -0.389 e. The molecule has 0 saturated heterocycles. The van der Waals surface area contributed by atoms with E-state index in [-0.39, 0.29) is 12.2 Å². The number of hydrogen-bond acceptors (Lipinski definition) is 2. The minimum absolute atomic E-state index is 0.0485. The van der Waals surface area contributed by atoms with Crippen LogP contribution in [0.15, 0.2) is 24.3 Å². The number of nitrogens with zero attached hydrogens (tertiary/aromatic N) is 1. The zero-order chi connectivity index (χ0) is 15.6. The first-order valence-electron chi connectivity index (χ1n) is 5.91. The molecule has 1 rings (SSSR count). The zero-order valence-electron chi connectivity index (χ0n) is 11.5. The monoisotopic (exact) mass is 290 g/mol. The van der Waals surface area contributed by atoms with Crippen LogP contribution in [0.5, 0.6) is 0 Å². The summed E-state index contributed by atoms with van der Waals surface area (Å²) in [4.78, 5) is 13.0. The molecule has 4 nitrogen and oxygen atoms in total. The summed E-state index contributed by atoms with van der Waals surface area (Å²) in [5.41, 5.74) is -1.87. The molecule has 2 N–H and O–H groups in total. The molecule has 0 aliphatic carbocycles. The van der Waals surface area contributed by atoms with E-state index in [1.54, 1.807) is 0 Å². The number of aliphatic hydroxyl groups is 1. The lowest BCUT2D eigenvalue weighted by Crippen LogP contribution is -2.41. The number of anilines is 1. The number of benzene rings is 1. The summed E-state index contributed by atoms with van der Waals surface area (Å²) in [6, 6.07) is 3.78. The molecule has 0 heterocycles. The van der Waals surface area contributed by atoms with Crippen LogP contribution in [0.25, 0.3) is 0 Å². The van der Waals surface area contributed by atoms with Gasteiger partial charge in [-0.05, 0) is 32.0 Å². The maximum atomic E-state index is 12.5. The van der Waals surface area contributed by atoms with Crippen LogP contribution < -0.4 is 5.32 Å². The van der Waals surface area contributed by atoms with E-state index in [0.717, 1.165) is 12.1 Å². The first kappa shape index (κ1) is 16.3. The Morgan fingerprint density at radius 1 is 1.35 bits per heavy atom. The Morgan fingerprint density at radius 3 is 2.45 bits per heavy atom. The van der Waals surface area contributed by atoms with E-state index < -0.39 is 23.4 Å². The van der Waals surface area contributed by atoms with Crippen molar-refractivity contribution in [3.63, 3.8) is 0 Å². The lowest BCUT2D eigenvalue weighted by Gasteiger charge is -2.25. The first-order chi connectivity index (χ1) is 8.99. The predicted octanol–water partition coefficient (Wildman–Crippen LogP) is 2.94. The zero-order valence-corrected chi connectivity index (χ0v) is 11.5. The maximum Gasteiger partial charge on any atom is 0.416 e. The van der Waals surface area contributed by atoms with Gasteiger partial charge in [0.15, 0.2) is 0 Å². The maximum absolute atomic E-state index is 12.5. The average molecular weight is 290 g/mol. The van der Waals surface area contributed by atoms with Crippen molar-refractivity contribution in [1.29, 1.82) is 0 Å². The van der Waals surface area contributed by atoms with Crippen molar-refractivity contribution in [2.24, 2.45) is 0 Å². The number of carbonyl (C=O) groups excluding carboxylic acids is 1. The summed E-state index contributed by atoms with van der Waals surface area (Å²) in [6.45, 7) is 3.11. The standard InChI is InChI=1S/C13H17F3N2O2/c1-12(2,20)8-18(3)11(19)17-10-6-4-5-9(7-10)13(14,15)16/h4-7,20H,8H2,1-3H3,(H,17,19). The average Bonchev–Trinajstić information content (AvgIpc) is 2.25. The predicted molar refractivity (Wildman–Crippen MR) is 69.4 cm³/mol. The van der Waals surface area contributed by atoms with Gasteiger partial charge >= 0.3 is 12.2 Å². The molecule has 0 aliphatic rings. The topological polar surface area (TPSA) is 52.6 Å². The molecule has 0 spiro atoms. The number of hydrogen-bond donors (Lipinski definition) is 2. The van der Waals surface area contributed by atoms with E-state index in [2.05, 4.69) is 5.32 Å². The van der Waals surface area contributed by atoms with Crippen molar-refractivity contribution in [3.05, 3.63) is 29.8 Å². The van der Waals surface area contributed by atoms with Gasteiger partial charge in [-0.2, -0.15) is 13.2 Å². The summed E-state index contributed by atoms with van der Waals surface area (Å²) in [7, 11) is 1.45. The number of nitrogens with one attached hydrogen (secondary N) is 1. The molecule has 20 heavy (non-hydrogen) atoms. The third-order valence-corrected chi connectivity index (χ3v) is 2.41. The van der Waals surface area contributed by atoms with E-state index in [1.807, 2.05) is 0 Å². The van der Waals surface area contributed by atoms with Gasteiger partial charge in [0.2, 0.25) is 0 Å². The number of urea groups is 1. The molecule has 0 atom stereocenters. The minimum atomic E-state index is -4.46. The second kappa shape index (κ2) is 5.70. The second-order valence-electron chi connectivity index (χ2n) is 5.18. The number of carbonyl (C=O) groups is 1. The van der Waals surface area contributed by atoms with Gasteiger partial charge in [-0.25, -0.2) is 4.79 Å². The van der Waals surface area contributed by atoms with E-state index in [4.69, 9.17) is 0 Å². The molecule has 0 bridgehead atoms. The summed E-state index contributed by atoms with van der Waals surface area (Å²) in [6.07, 6.45) is -4.46. The van der Waals surface area contributed by atoms with Crippen LogP contribution in [0, 0.1) is 0 Å². The molecule has 0 fully saturated rings. The second-order valence-corrected chi connectivity index (χ2v) is 5.18. The molecule has 112 valence electrons. The number of amides is 2. The van der Waals surface area contributed by atoms with E-state index in [9.17, 15) is 23.1 Å². The van der Waals surface area contributed by atoms with Crippen molar-refractivity contribution >= 4 is 11.7 Å². The highest BCUT2D eigenvalue weighted by molar-refractivity contribution is 5.89. The normalized spacial score (nSPS) is 12.2. The Labute approximate surface area is 115 Å². The molecule has 7 heteroatoms. The van der Waals surface area contributed by atoms with Gasteiger partial charge < -0.3 is 15.3 Å². The van der Waals surface area contributed by atoms with Gasteiger partial charge in [-0.3, -0.25) is 0 Å². The highest BCUT2D eigenvalue weighted by atomic mass is 19.4. The molecule has 1 aromatic rings. The largest absolute Gasteiger partial charge is 0.416 e. The number of alkyl halides is 3. The Hall–Kier alpha value is -1.76. The summed E-state index contributed by atoms with van der Waals surface area (Å²) in [5, 5.41) is 11.9. The highest BCUT2D eigenvalue weighted by Gasteiger charge is 2.30. The SMILES string of the molecule is CN(CC(C)(C)O)C(=O)Nc1cccc(C(F)(F)F)c1. The molecule has 0 saturated carbocycles. The van der Waals surface area contributed by atoms with Crippen LogP contribution in [0.4, 0.5) is 23.7 Å². The third kappa shape index (κ3) is 5.08. The highest BCUT2D eigenvalue weighted by Crippen LogP contribution is 2.30. The van der Waals surface area contributed by atoms with Crippen molar-refractivity contribution in [2.45, 2.75) is 25.6 Å². The Balaban J connectivity index is 2.76. The van der Waals surface area contributed by atoms with E-state index in [0.29, 0.717) is 0 Å². The van der Waals surface area contributed by atoms with Gasteiger partial charge in [0.05, 0.1) is 17.7 Å². The molecule has 0 aliphatic heterocycles. The third-order valence-electron chi connectivity index (χ3n) is 2.41. The van der Waals surface area contributed by atoms with E-state index >= 15 is 0 Å². The molecular weight excluding hydrogens is 273 g/mol. The van der Waals surface area contributed by atoms with Crippen molar-refractivity contribution in [3.8, 4) is 0 Å². The fourth-order valence-corrected chi connectivity index (χ4v) is 1.64. The van der Waals surface area contributed by atoms with Gasteiger partial charge in [0.25, 0.3) is 0 Å². The van der Waals surface area contributed by atoms with Crippen molar-refractivity contribution in [1.82, 2.24) is 4.90 Å². The van der Waals surface area contributed by atoms with Crippen molar-refractivity contribution in [2.75, 3.05) is 18.9 Å². The van der Waals surface area contributed by atoms with Gasteiger partial charge in [0, 0.05) is 12.7 Å². The number of halogens is 3. The lowest BCUT2D eigenvalue weighted by atomic mass is 10.1. The van der Waals surface area contributed by atoms with Gasteiger partial charge in [-0.1, -0.05) is 6.07 Å². The summed E-state index contributed by atoms with van der Waals surface area (Å²) in [5.74, 6) is 0. The summed E-state index contributed by atoms with van der Waals surface area (Å²) < 4.78 is 37.6. The van der Waals surface area contributed by atoms with Crippen LogP contribution in [-0.2, 0) is 6.18 Å². The lowest BCUT2D eigenvalue weighted by molar-refractivity contribution is -0.137. The van der Waals surface area contributed by atoms with Gasteiger partial charge in [0.1, 0.15) is 0 Å². The van der Waals surface area contributed by atoms with Gasteiger partial charge in [-0.15, -0.1) is 0 Å². The van der Waals surface area contributed by atoms with Crippen LogP contribution >= 0.6 is 0 Å². The summed E-state index contributed by atoms with van der Waals surface area (Å²) >= 11 is 0. The molecule has 0 unspecified atom stereocenters. The van der Waals surface area contributed by atoms with Crippen LogP contribution in [0.1, 0.15) is 19.4 Å². The molecule has 1 aromatic carbocycles. The van der Waals surface area contributed by atoms with Crippen LogP contribution in [-0.4, -0.2) is 35.2 Å². The fourth-order valence-electron chi connectivity index (χ4n) is 1.64. The van der Waals surface area contributed by atoms with Crippen LogP contribution in [0.2, 0.25) is 0 Å². The molecule has 2 amide bonds. The quantitative estimate of drug-likeness (QED) is 0.899. The number of rotatable bonds is 3. The molecular formula is C13H17F3N2O2. The van der Waals surface area contributed by atoms with Crippen LogP contribution in [0.3, 0.4) is 0 Å². The Morgan fingerprint density at radius 2 is 1.95 bits per heavy atom. The molecule has 0 aromatic heterocycles. The smallest absolute Gasteiger partial charge is 0.389 e.